The van der Waals surface area contributed by atoms with Crippen LogP contribution in [0.25, 0.3) is 22.2 Å². The molecular formula is C19H20N4O. The Morgan fingerprint density at radius 1 is 1.33 bits per heavy atom. The molecule has 0 unspecified atom stereocenters. The summed E-state index contributed by atoms with van der Waals surface area (Å²) in [6, 6.07) is 8.15. The van der Waals surface area contributed by atoms with Crippen LogP contribution in [0, 0.1) is 5.92 Å². The van der Waals surface area contributed by atoms with Gasteiger partial charge in [-0.05, 0) is 43.5 Å². The molecule has 4 rings (SSSR count). The van der Waals surface area contributed by atoms with Crippen LogP contribution < -0.4 is 5.32 Å². The lowest BCUT2D eigenvalue weighted by Crippen LogP contribution is -2.14. The van der Waals surface area contributed by atoms with Gasteiger partial charge in [0.05, 0.1) is 17.4 Å². The number of rotatable bonds is 4. The summed E-state index contributed by atoms with van der Waals surface area (Å²) in [6.45, 7) is 2.11. The molecule has 5 nitrogen and oxygen atoms in total. The molecule has 0 radical (unpaired) electrons. The molecular weight excluding hydrogens is 300 g/mol. The van der Waals surface area contributed by atoms with Gasteiger partial charge in [0, 0.05) is 35.8 Å². The van der Waals surface area contributed by atoms with Crippen molar-refractivity contribution in [2.75, 3.05) is 5.32 Å². The Labute approximate surface area is 140 Å². The highest BCUT2D eigenvalue weighted by atomic mass is 16.2. The van der Waals surface area contributed by atoms with E-state index < -0.39 is 0 Å². The molecule has 5 heteroatoms. The van der Waals surface area contributed by atoms with Crippen molar-refractivity contribution < 1.29 is 4.79 Å². The minimum Gasteiger partial charge on any atom is -0.342 e. The maximum Gasteiger partial charge on any atom is 0.228 e. The Bertz CT molecular complexity index is 924. The molecule has 1 saturated carbocycles. The lowest BCUT2D eigenvalue weighted by Gasteiger charge is -2.08. The van der Waals surface area contributed by atoms with Gasteiger partial charge in [0.15, 0.2) is 0 Å². The third-order valence-corrected chi connectivity index (χ3v) is 4.63. The molecule has 1 N–H and O–H groups in total. The maximum atomic E-state index is 11.9. The van der Waals surface area contributed by atoms with Crippen LogP contribution in [0.2, 0.25) is 0 Å². The number of anilines is 1. The first-order valence-corrected chi connectivity index (χ1v) is 8.38. The second-order valence-corrected chi connectivity index (χ2v) is 6.33. The number of fused-ring (bicyclic) bond motifs is 1. The van der Waals surface area contributed by atoms with Gasteiger partial charge in [-0.3, -0.25) is 9.78 Å². The maximum absolute atomic E-state index is 11.9. The van der Waals surface area contributed by atoms with E-state index in [1.807, 2.05) is 31.6 Å². The number of amides is 1. The number of hydrogen-bond acceptors (Lipinski definition) is 3. The molecule has 0 atom stereocenters. The Hall–Kier alpha value is -2.69. The molecule has 1 aliphatic rings. The van der Waals surface area contributed by atoms with E-state index in [1.165, 1.54) is 0 Å². The van der Waals surface area contributed by atoms with Gasteiger partial charge in [-0.2, -0.15) is 0 Å². The number of nitrogens with one attached hydrogen (secondary N) is 1. The van der Waals surface area contributed by atoms with E-state index in [0.29, 0.717) is 5.82 Å². The van der Waals surface area contributed by atoms with Crippen LogP contribution in [0.1, 0.15) is 25.5 Å². The zero-order valence-electron chi connectivity index (χ0n) is 13.9. The lowest BCUT2D eigenvalue weighted by atomic mass is 10.1. The van der Waals surface area contributed by atoms with Crippen molar-refractivity contribution >= 4 is 22.6 Å². The van der Waals surface area contributed by atoms with Gasteiger partial charge in [0.1, 0.15) is 5.82 Å². The monoisotopic (exact) mass is 320 g/mol. The molecule has 1 amide bonds. The standard InChI is InChI=1S/C19H20N4O/c1-3-15-14(5-4-8-20-15)16-9-13-10-18(21-11-17(13)23(16)2)22-19(24)12-6-7-12/h4-5,8-12H,3,6-7H2,1-2H3,(H,21,22,24). The number of nitrogens with zero attached hydrogens (tertiary/aromatic N) is 3. The third kappa shape index (κ3) is 2.56. The molecule has 24 heavy (non-hydrogen) atoms. The van der Waals surface area contributed by atoms with Crippen LogP contribution in [0.4, 0.5) is 5.82 Å². The molecule has 3 aromatic heterocycles. The summed E-state index contributed by atoms with van der Waals surface area (Å²) in [6.07, 6.45) is 6.52. The summed E-state index contributed by atoms with van der Waals surface area (Å²) >= 11 is 0. The first kappa shape index (κ1) is 14.9. The average Bonchev–Trinajstić information content (AvgIpc) is 3.40. The SMILES string of the molecule is CCc1ncccc1-c1cc2cc(NC(=O)C3CC3)ncc2n1C. The Kier molecular flexibility index (Phi) is 3.56. The van der Waals surface area contributed by atoms with E-state index in [4.69, 9.17) is 0 Å². The van der Waals surface area contributed by atoms with E-state index in [0.717, 1.165) is 47.1 Å². The topological polar surface area (TPSA) is 59.8 Å². The molecule has 0 aliphatic heterocycles. The van der Waals surface area contributed by atoms with Crippen LogP contribution in [-0.2, 0) is 18.3 Å². The van der Waals surface area contributed by atoms with Gasteiger partial charge in [-0.25, -0.2) is 4.98 Å². The second-order valence-electron chi connectivity index (χ2n) is 6.33. The fourth-order valence-electron chi connectivity index (χ4n) is 3.09. The van der Waals surface area contributed by atoms with Gasteiger partial charge in [0.2, 0.25) is 5.91 Å². The largest absolute Gasteiger partial charge is 0.342 e. The fourth-order valence-corrected chi connectivity index (χ4v) is 3.09. The predicted molar refractivity (Wildman–Crippen MR) is 94.7 cm³/mol. The van der Waals surface area contributed by atoms with Crippen LogP contribution in [0.15, 0.2) is 36.7 Å². The third-order valence-electron chi connectivity index (χ3n) is 4.63. The van der Waals surface area contributed by atoms with Gasteiger partial charge < -0.3 is 9.88 Å². The summed E-state index contributed by atoms with van der Waals surface area (Å²) in [5.41, 5.74) is 4.38. The van der Waals surface area contributed by atoms with Crippen molar-refractivity contribution in [1.82, 2.24) is 14.5 Å². The van der Waals surface area contributed by atoms with Crippen molar-refractivity contribution in [3.8, 4) is 11.3 Å². The van der Waals surface area contributed by atoms with E-state index >= 15 is 0 Å². The van der Waals surface area contributed by atoms with E-state index in [2.05, 4.69) is 38.9 Å². The molecule has 1 fully saturated rings. The summed E-state index contributed by atoms with van der Waals surface area (Å²) < 4.78 is 2.13. The first-order chi connectivity index (χ1) is 11.7. The molecule has 0 bridgehead atoms. The van der Waals surface area contributed by atoms with Crippen LogP contribution >= 0.6 is 0 Å². The van der Waals surface area contributed by atoms with Crippen LogP contribution in [0.3, 0.4) is 0 Å². The Balaban J connectivity index is 1.75. The van der Waals surface area contributed by atoms with E-state index in [1.54, 1.807) is 0 Å². The van der Waals surface area contributed by atoms with Gasteiger partial charge in [-0.1, -0.05) is 6.92 Å². The van der Waals surface area contributed by atoms with Crippen LogP contribution in [0.5, 0.6) is 0 Å². The van der Waals surface area contributed by atoms with E-state index in [-0.39, 0.29) is 11.8 Å². The lowest BCUT2D eigenvalue weighted by molar-refractivity contribution is -0.117. The Morgan fingerprint density at radius 3 is 2.92 bits per heavy atom. The average molecular weight is 320 g/mol. The zero-order chi connectivity index (χ0) is 16.7. The molecule has 1 aliphatic carbocycles. The van der Waals surface area contributed by atoms with Crippen molar-refractivity contribution in [3.63, 3.8) is 0 Å². The number of carbonyl (C=O) groups is 1. The highest BCUT2D eigenvalue weighted by molar-refractivity contribution is 5.96. The fraction of sp³-hybridized carbons (Fsp3) is 0.316. The number of aryl methyl sites for hydroxylation is 2. The van der Waals surface area contributed by atoms with Crippen LogP contribution in [-0.4, -0.2) is 20.4 Å². The zero-order valence-corrected chi connectivity index (χ0v) is 13.9. The number of pyridine rings is 2. The van der Waals surface area contributed by atoms with Crippen molar-refractivity contribution in [3.05, 3.63) is 42.4 Å². The Morgan fingerprint density at radius 2 is 2.17 bits per heavy atom. The van der Waals surface area contributed by atoms with Gasteiger partial charge in [-0.15, -0.1) is 0 Å². The first-order valence-electron chi connectivity index (χ1n) is 8.38. The van der Waals surface area contributed by atoms with Crippen molar-refractivity contribution in [1.29, 1.82) is 0 Å². The van der Waals surface area contributed by atoms with Crippen molar-refractivity contribution in [2.24, 2.45) is 13.0 Å². The quantitative estimate of drug-likeness (QED) is 0.800. The summed E-state index contributed by atoms with van der Waals surface area (Å²) in [5.74, 6) is 0.883. The minimum absolute atomic E-state index is 0.0820. The molecule has 0 saturated heterocycles. The molecule has 0 aromatic carbocycles. The number of carbonyl (C=O) groups excluding carboxylic acids is 1. The predicted octanol–water partition coefficient (Wildman–Crippen LogP) is 3.55. The molecule has 122 valence electrons. The number of hydrogen-bond donors (Lipinski definition) is 1. The highest BCUT2D eigenvalue weighted by Gasteiger charge is 2.29. The van der Waals surface area contributed by atoms with Crippen molar-refractivity contribution in [2.45, 2.75) is 26.2 Å². The summed E-state index contributed by atoms with van der Waals surface area (Å²) in [7, 11) is 2.04. The number of aromatic nitrogens is 3. The smallest absolute Gasteiger partial charge is 0.228 e. The van der Waals surface area contributed by atoms with E-state index in [9.17, 15) is 4.79 Å². The van der Waals surface area contributed by atoms with Gasteiger partial charge >= 0.3 is 0 Å². The molecule has 3 aromatic rings. The second kappa shape index (κ2) is 5.74. The molecule has 0 spiro atoms. The van der Waals surface area contributed by atoms with Gasteiger partial charge in [0.25, 0.3) is 0 Å². The highest BCUT2D eigenvalue weighted by Crippen LogP contribution is 2.32. The molecule has 3 heterocycles. The normalized spacial score (nSPS) is 14.1. The summed E-state index contributed by atoms with van der Waals surface area (Å²) in [5, 5.41) is 3.98. The minimum atomic E-state index is 0.0820. The summed E-state index contributed by atoms with van der Waals surface area (Å²) in [4.78, 5) is 20.8.